The first kappa shape index (κ1) is 15.0. The number of hydrogen-bond donors (Lipinski definition) is 0. The van der Waals surface area contributed by atoms with Gasteiger partial charge >= 0.3 is 0 Å². The number of hydrogen-bond acceptors (Lipinski definition) is 2. The molecule has 1 rings (SSSR count). The van der Waals surface area contributed by atoms with Crippen molar-refractivity contribution in [1.29, 1.82) is 10.5 Å². The minimum absolute atomic E-state index is 0.404. The fourth-order valence-electron chi connectivity index (χ4n) is 3.09. The van der Waals surface area contributed by atoms with Crippen LogP contribution in [0.25, 0.3) is 0 Å². The first-order chi connectivity index (χ1) is 8.50. The lowest BCUT2D eigenvalue weighted by Gasteiger charge is -2.25. The second kappa shape index (κ2) is 5.72. The highest BCUT2D eigenvalue weighted by molar-refractivity contribution is 6.84. The van der Waals surface area contributed by atoms with Gasteiger partial charge in [-0.05, 0) is 12.3 Å². The van der Waals surface area contributed by atoms with Gasteiger partial charge in [0.25, 0.3) is 0 Å². The van der Waals surface area contributed by atoms with E-state index in [0.717, 1.165) is 0 Å². The Morgan fingerprint density at radius 2 is 1.72 bits per heavy atom. The number of allylic oxidation sites excluding steroid dienone is 1. The molecule has 0 radical (unpaired) electrons. The van der Waals surface area contributed by atoms with Crippen LogP contribution in [0.2, 0.25) is 18.1 Å². The summed E-state index contributed by atoms with van der Waals surface area (Å²) in [6.07, 6.45) is 1.39. The third-order valence-corrected chi connectivity index (χ3v) is 10.0. The summed E-state index contributed by atoms with van der Waals surface area (Å²) in [6.45, 7) is 9.04. The van der Waals surface area contributed by atoms with Crippen molar-refractivity contribution in [2.75, 3.05) is 0 Å². The van der Waals surface area contributed by atoms with Crippen molar-refractivity contribution in [2.24, 2.45) is 11.3 Å². The highest BCUT2D eigenvalue weighted by atomic mass is 28.3. The predicted molar refractivity (Wildman–Crippen MR) is 77.3 cm³/mol. The molecule has 1 aliphatic carbocycles. The third kappa shape index (κ3) is 2.67. The van der Waals surface area contributed by atoms with Crippen LogP contribution in [0.3, 0.4) is 0 Å². The van der Waals surface area contributed by atoms with E-state index in [-0.39, 0.29) is 0 Å². The lowest BCUT2D eigenvalue weighted by molar-refractivity contribution is 0.511. The Kier molecular flexibility index (Phi) is 4.76. The summed E-state index contributed by atoms with van der Waals surface area (Å²) in [5.41, 5.74) is 3.16. The molecule has 3 heteroatoms. The number of nitrogens with zero attached hydrogens (tertiary/aromatic N) is 2. The molecule has 18 heavy (non-hydrogen) atoms. The molecule has 0 N–H and O–H groups in total. The Labute approximate surface area is 112 Å². The molecule has 1 saturated carbocycles. The molecule has 1 fully saturated rings. The van der Waals surface area contributed by atoms with Gasteiger partial charge in [0.05, 0.1) is 20.2 Å². The van der Waals surface area contributed by atoms with Crippen LogP contribution in [0.4, 0.5) is 0 Å². The summed E-state index contributed by atoms with van der Waals surface area (Å²) in [5, 5.41) is 18.5. The molecular weight excluding hydrogens is 236 g/mol. The van der Waals surface area contributed by atoms with Crippen molar-refractivity contribution in [3.8, 4) is 12.1 Å². The normalized spacial score (nSPS) is 24.8. The molecule has 2 nitrogen and oxygen atoms in total. The van der Waals surface area contributed by atoms with Gasteiger partial charge in [-0.1, -0.05) is 57.1 Å². The summed E-state index contributed by atoms with van der Waals surface area (Å²) in [5.74, 6) is 0.404. The predicted octanol–water partition coefficient (Wildman–Crippen LogP) is 4.42. The van der Waals surface area contributed by atoms with E-state index in [9.17, 15) is 10.5 Å². The van der Waals surface area contributed by atoms with Crippen LogP contribution in [0.15, 0.2) is 11.3 Å². The van der Waals surface area contributed by atoms with E-state index in [4.69, 9.17) is 0 Å². The molecule has 0 aromatic rings. The van der Waals surface area contributed by atoms with E-state index < -0.39 is 13.5 Å². The summed E-state index contributed by atoms with van der Waals surface area (Å²) >= 11 is 0. The van der Waals surface area contributed by atoms with Gasteiger partial charge in [-0.2, -0.15) is 10.5 Å². The zero-order valence-electron chi connectivity index (χ0n) is 12.1. The van der Waals surface area contributed by atoms with Gasteiger partial charge in [0.1, 0.15) is 5.41 Å². The van der Waals surface area contributed by atoms with Crippen LogP contribution in [-0.4, -0.2) is 8.07 Å². The summed E-state index contributed by atoms with van der Waals surface area (Å²) in [4.78, 5) is 0. The number of nitriles is 2. The van der Waals surface area contributed by atoms with Crippen molar-refractivity contribution >= 4 is 8.07 Å². The van der Waals surface area contributed by atoms with Gasteiger partial charge in [0, 0.05) is 6.42 Å². The van der Waals surface area contributed by atoms with Crippen LogP contribution in [0, 0.1) is 34.0 Å². The molecule has 0 spiro atoms. The van der Waals surface area contributed by atoms with E-state index in [1.54, 1.807) is 0 Å². The van der Waals surface area contributed by atoms with Crippen molar-refractivity contribution in [3.63, 3.8) is 0 Å². The van der Waals surface area contributed by atoms with Gasteiger partial charge in [0.2, 0.25) is 0 Å². The highest BCUT2D eigenvalue weighted by Gasteiger charge is 2.42. The van der Waals surface area contributed by atoms with Crippen LogP contribution in [0.1, 0.15) is 40.5 Å². The number of rotatable bonds is 4. The second-order valence-electron chi connectivity index (χ2n) is 5.73. The largest absolute Gasteiger partial charge is 0.197 e. The first-order valence-electron chi connectivity index (χ1n) is 7.04. The standard InChI is InChI=1S/C15H24N2Si/c1-5-18(6-2,7-3)10-14-9-15(11-16,12-17)8-13(14)4/h10,13H,5-9H2,1-4H3/b14-10-. The SMILES string of the molecule is CC[Si](/C=C1/CC(C#N)(C#N)CC1C)(CC)CC. The fraction of sp³-hybridized carbons (Fsp3) is 0.733. The quantitative estimate of drug-likeness (QED) is 0.702. The molecule has 0 aliphatic heterocycles. The van der Waals surface area contributed by atoms with E-state index in [0.29, 0.717) is 18.8 Å². The Balaban J connectivity index is 3.06. The van der Waals surface area contributed by atoms with Crippen LogP contribution in [-0.2, 0) is 0 Å². The van der Waals surface area contributed by atoms with E-state index in [2.05, 4.69) is 45.5 Å². The van der Waals surface area contributed by atoms with Crippen LogP contribution < -0.4 is 0 Å². The fourth-order valence-corrected chi connectivity index (χ4v) is 6.37. The average Bonchev–Trinajstić information content (AvgIpc) is 2.73. The maximum Gasteiger partial charge on any atom is 0.148 e. The van der Waals surface area contributed by atoms with Gasteiger partial charge in [-0.25, -0.2) is 0 Å². The van der Waals surface area contributed by atoms with Crippen molar-refractivity contribution < 1.29 is 0 Å². The molecule has 0 heterocycles. The zero-order chi connectivity index (χ0) is 13.8. The highest BCUT2D eigenvalue weighted by Crippen LogP contribution is 2.45. The second-order valence-corrected chi connectivity index (χ2v) is 10.9. The van der Waals surface area contributed by atoms with Crippen molar-refractivity contribution in [1.82, 2.24) is 0 Å². The van der Waals surface area contributed by atoms with Gasteiger partial charge in [-0.3, -0.25) is 0 Å². The lowest BCUT2D eigenvalue weighted by atomic mass is 9.89. The first-order valence-corrected chi connectivity index (χ1v) is 9.74. The van der Waals surface area contributed by atoms with Gasteiger partial charge in [-0.15, -0.1) is 0 Å². The summed E-state index contributed by atoms with van der Waals surface area (Å²) < 4.78 is 0. The van der Waals surface area contributed by atoms with E-state index in [1.807, 2.05) is 0 Å². The topological polar surface area (TPSA) is 47.6 Å². The molecule has 0 aromatic carbocycles. The molecule has 1 aliphatic rings. The van der Waals surface area contributed by atoms with Gasteiger partial charge < -0.3 is 0 Å². The minimum Gasteiger partial charge on any atom is -0.197 e. The van der Waals surface area contributed by atoms with Gasteiger partial charge in [0.15, 0.2) is 0 Å². The molecule has 98 valence electrons. The van der Waals surface area contributed by atoms with Crippen molar-refractivity contribution in [2.45, 2.75) is 58.7 Å². The lowest BCUT2D eigenvalue weighted by Crippen LogP contribution is -2.29. The average molecular weight is 260 g/mol. The molecule has 0 bridgehead atoms. The zero-order valence-corrected chi connectivity index (χ0v) is 13.1. The Morgan fingerprint density at radius 1 is 1.22 bits per heavy atom. The van der Waals surface area contributed by atoms with Crippen molar-refractivity contribution in [3.05, 3.63) is 11.3 Å². The minimum atomic E-state index is -1.29. The Hall–Kier alpha value is -1.06. The molecule has 0 aromatic heterocycles. The third-order valence-electron chi connectivity index (χ3n) is 4.83. The van der Waals surface area contributed by atoms with E-state index >= 15 is 0 Å². The Bertz CT molecular complexity index is 385. The summed E-state index contributed by atoms with van der Waals surface area (Å²) in [7, 11) is -1.29. The molecule has 0 amide bonds. The maximum absolute atomic E-state index is 9.23. The molecule has 1 unspecified atom stereocenters. The molecule has 1 atom stereocenters. The summed E-state index contributed by atoms with van der Waals surface area (Å²) in [6, 6.07) is 8.28. The van der Waals surface area contributed by atoms with E-state index in [1.165, 1.54) is 23.7 Å². The maximum atomic E-state index is 9.23. The molecular formula is C15H24N2Si. The van der Waals surface area contributed by atoms with Crippen LogP contribution in [0.5, 0.6) is 0 Å². The molecule has 0 saturated heterocycles. The smallest absolute Gasteiger partial charge is 0.148 e. The van der Waals surface area contributed by atoms with Crippen LogP contribution >= 0.6 is 0 Å². The Morgan fingerprint density at radius 3 is 2.06 bits per heavy atom. The monoisotopic (exact) mass is 260 g/mol.